The van der Waals surface area contributed by atoms with E-state index in [2.05, 4.69) is 27.0 Å². The Kier molecular flexibility index (Phi) is 8.35. The van der Waals surface area contributed by atoms with E-state index in [1.165, 1.54) is 17.4 Å². The van der Waals surface area contributed by atoms with Crippen molar-refractivity contribution in [3.8, 4) is 11.3 Å². The molecule has 2 aliphatic rings. The number of amides is 1. The molecule has 0 atom stereocenters. The van der Waals surface area contributed by atoms with Gasteiger partial charge in [-0.05, 0) is 48.7 Å². The molecule has 0 radical (unpaired) electrons. The van der Waals surface area contributed by atoms with Crippen LogP contribution >= 0.6 is 11.3 Å². The monoisotopic (exact) mass is 603 g/mol. The predicted octanol–water partition coefficient (Wildman–Crippen LogP) is 6.38. The topological polar surface area (TPSA) is 78.4 Å². The van der Waals surface area contributed by atoms with E-state index in [0.29, 0.717) is 33.9 Å². The molecule has 0 spiro atoms. The lowest BCUT2D eigenvalue weighted by Crippen LogP contribution is -2.45. The average molecular weight is 604 g/mol. The molecule has 1 aliphatic heterocycles. The highest BCUT2D eigenvalue weighted by Crippen LogP contribution is 2.34. The maximum Gasteiger partial charge on any atom is 0.270 e. The molecule has 1 saturated carbocycles. The van der Waals surface area contributed by atoms with Crippen LogP contribution in [0.5, 0.6) is 0 Å². The number of carbonyl (C=O) groups excluding carboxylic acids is 2. The number of halogens is 2. The van der Waals surface area contributed by atoms with Crippen LogP contribution in [0.15, 0.2) is 54.6 Å². The Balaban J connectivity index is 1.13. The quantitative estimate of drug-likeness (QED) is 0.212. The van der Waals surface area contributed by atoms with Gasteiger partial charge in [-0.25, -0.2) is 18.7 Å². The summed E-state index contributed by atoms with van der Waals surface area (Å²) in [4.78, 5) is 39.7. The molecule has 2 aromatic heterocycles. The van der Waals surface area contributed by atoms with E-state index in [9.17, 15) is 18.4 Å². The minimum Gasteiger partial charge on any atom is -0.302 e. The minimum absolute atomic E-state index is 0.00846. The molecule has 224 valence electrons. The van der Waals surface area contributed by atoms with E-state index < -0.39 is 5.92 Å². The zero-order chi connectivity index (χ0) is 30.1. The predicted molar refractivity (Wildman–Crippen MR) is 166 cm³/mol. The van der Waals surface area contributed by atoms with Crippen LogP contribution in [-0.2, 0) is 23.7 Å². The number of anilines is 1. The molecule has 0 bridgehead atoms. The van der Waals surface area contributed by atoms with E-state index in [1.54, 1.807) is 24.3 Å². The van der Waals surface area contributed by atoms with Crippen LogP contribution in [0, 0.1) is 5.92 Å². The van der Waals surface area contributed by atoms with Gasteiger partial charge < -0.3 is 10.2 Å². The van der Waals surface area contributed by atoms with E-state index in [1.807, 2.05) is 24.3 Å². The Morgan fingerprint density at radius 1 is 0.977 bits per heavy atom. The Morgan fingerprint density at radius 2 is 1.70 bits per heavy atom. The van der Waals surface area contributed by atoms with Crippen LogP contribution in [0.3, 0.4) is 0 Å². The first kappa shape index (κ1) is 29.5. The number of Topliss-reactive ketones (excluding diaryl/α,β-unsaturated/α-hetero) is 1. The summed E-state index contributed by atoms with van der Waals surface area (Å²) >= 11 is 1.34. The van der Waals surface area contributed by atoms with Crippen LogP contribution in [0.1, 0.15) is 53.7 Å². The summed E-state index contributed by atoms with van der Waals surface area (Å²) in [6.45, 7) is 8.12. The molecule has 43 heavy (non-hydrogen) atoms. The van der Waals surface area contributed by atoms with Crippen LogP contribution < -0.4 is 5.32 Å². The SMILES string of the molecule is CCN1CCN(Cc2ccc(CC(=O)c3ccc(-c4ccc5nc(NC(=O)C6CC6)sc5n4)cc3)cc2C(C)(F)F)CC1. The van der Waals surface area contributed by atoms with Crippen molar-refractivity contribution in [2.75, 3.05) is 38.0 Å². The molecule has 1 N–H and O–H groups in total. The Hall–Kier alpha value is -3.60. The number of hydrogen-bond acceptors (Lipinski definition) is 7. The lowest BCUT2D eigenvalue weighted by molar-refractivity contribution is -0.117. The van der Waals surface area contributed by atoms with Crippen LogP contribution in [0.25, 0.3) is 21.6 Å². The van der Waals surface area contributed by atoms with E-state index >= 15 is 0 Å². The van der Waals surface area contributed by atoms with Crippen LogP contribution in [0.4, 0.5) is 13.9 Å². The van der Waals surface area contributed by atoms with Crippen molar-refractivity contribution in [3.63, 3.8) is 0 Å². The maximum atomic E-state index is 14.7. The third-order valence-corrected chi connectivity index (χ3v) is 9.13. The molecule has 3 heterocycles. The summed E-state index contributed by atoms with van der Waals surface area (Å²) in [5.41, 5.74) is 3.98. The largest absolute Gasteiger partial charge is 0.302 e. The standard InChI is InChI=1S/C33H35F2N5O2S/c1-3-39-14-16-40(17-15-39)20-25-5-4-21(18-26(25)33(2,34)35)19-29(41)23-8-6-22(7-9-23)27-12-13-28-31(36-27)43-32(37-28)38-30(42)24-10-11-24/h4-9,12-13,18,24H,3,10-11,14-17,19-20H2,1-2H3,(H,37,38,42). The molecule has 1 saturated heterocycles. The summed E-state index contributed by atoms with van der Waals surface area (Å²) in [5.74, 6) is -3.03. The summed E-state index contributed by atoms with van der Waals surface area (Å²) in [6.07, 6.45) is 1.89. The fourth-order valence-corrected chi connectivity index (χ4v) is 6.32. The lowest BCUT2D eigenvalue weighted by atomic mass is 9.95. The van der Waals surface area contributed by atoms with Crippen molar-refractivity contribution >= 4 is 38.5 Å². The number of ketones is 1. The Bertz CT molecular complexity index is 1640. The van der Waals surface area contributed by atoms with E-state index in [0.717, 1.165) is 68.6 Å². The first-order valence-electron chi connectivity index (χ1n) is 14.8. The fraction of sp³-hybridized carbons (Fsp3) is 0.394. The first-order valence-corrected chi connectivity index (χ1v) is 15.6. The fourth-order valence-electron chi connectivity index (χ4n) is 5.48. The molecule has 1 amide bonds. The number of piperazine rings is 1. The van der Waals surface area contributed by atoms with E-state index in [-0.39, 0.29) is 29.6 Å². The normalized spacial score (nSPS) is 16.5. The number of carbonyl (C=O) groups is 2. The smallest absolute Gasteiger partial charge is 0.270 e. The van der Waals surface area contributed by atoms with Gasteiger partial charge in [0.05, 0.1) is 5.69 Å². The van der Waals surface area contributed by atoms with Crippen molar-refractivity contribution in [3.05, 3.63) is 76.9 Å². The molecule has 6 rings (SSSR count). The zero-order valence-electron chi connectivity index (χ0n) is 24.4. The molecule has 2 fully saturated rings. The van der Waals surface area contributed by atoms with Gasteiger partial charge in [0.1, 0.15) is 10.3 Å². The number of alkyl halides is 2. The van der Waals surface area contributed by atoms with Gasteiger partial charge >= 0.3 is 0 Å². The van der Waals surface area contributed by atoms with Gasteiger partial charge in [0, 0.05) is 68.7 Å². The number of nitrogens with zero attached hydrogens (tertiary/aromatic N) is 4. The summed E-state index contributed by atoms with van der Waals surface area (Å²) in [5, 5.41) is 3.42. The number of pyridine rings is 1. The Labute approximate surface area is 253 Å². The van der Waals surface area contributed by atoms with Crippen LogP contribution in [0.2, 0.25) is 0 Å². The number of benzene rings is 2. The molecular weight excluding hydrogens is 568 g/mol. The summed E-state index contributed by atoms with van der Waals surface area (Å²) in [6, 6.07) is 16.0. The minimum atomic E-state index is -3.00. The molecule has 10 heteroatoms. The first-order chi connectivity index (χ1) is 20.7. The van der Waals surface area contributed by atoms with Gasteiger partial charge in [-0.3, -0.25) is 14.5 Å². The highest BCUT2D eigenvalue weighted by Gasteiger charge is 2.31. The van der Waals surface area contributed by atoms with Crippen LogP contribution in [-0.4, -0.2) is 64.2 Å². The average Bonchev–Trinajstić information content (AvgIpc) is 3.78. The molecule has 7 nitrogen and oxygen atoms in total. The zero-order valence-corrected chi connectivity index (χ0v) is 25.2. The molecule has 1 aliphatic carbocycles. The molecular formula is C33H35F2N5O2S. The van der Waals surface area contributed by atoms with Gasteiger partial charge in [-0.1, -0.05) is 54.7 Å². The van der Waals surface area contributed by atoms with Gasteiger partial charge in [-0.15, -0.1) is 0 Å². The van der Waals surface area contributed by atoms with Crippen molar-refractivity contribution in [2.24, 2.45) is 5.92 Å². The lowest BCUT2D eigenvalue weighted by Gasteiger charge is -2.34. The van der Waals surface area contributed by atoms with Gasteiger partial charge in [-0.2, -0.15) is 0 Å². The highest BCUT2D eigenvalue weighted by molar-refractivity contribution is 7.22. The number of thiazole rings is 1. The summed E-state index contributed by atoms with van der Waals surface area (Å²) < 4.78 is 29.4. The Morgan fingerprint density at radius 3 is 2.37 bits per heavy atom. The molecule has 4 aromatic rings. The van der Waals surface area contributed by atoms with Crippen molar-refractivity contribution in [1.29, 1.82) is 0 Å². The summed E-state index contributed by atoms with van der Waals surface area (Å²) in [7, 11) is 0. The molecule has 0 unspecified atom stereocenters. The number of likely N-dealkylation sites (N-methyl/N-ethyl adjacent to an activating group) is 1. The number of rotatable bonds is 10. The number of hydrogen-bond donors (Lipinski definition) is 1. The molecule has 2 aromatic carbocycles. The third kappa shape index (κ3) is 6.98. The van der Waals surface area contributed by atoms with Gasteiger partial charge in [0.25, 0.3) is 5.92 Å². The number of nitrogens with one attached hydrogen (secondary N) is 1. The van der Waals surface area contributed by atoms with E-state index in [4.69, 9.17) is 4.98 Å². The third-order valence-electron chi connectivity index (χ3n) is 8.25. The number of fused-ring (bicyclic) bond motifs is 1. The highest BCUT2D eigenvalue weighted by atomic mass is 32.1. The number of aromatic nitrogens is 2. The van der Waals surface area contributed by atoms with Crippen molar-refractivity contribution < 1.29 is 18.4 Å². The van der Waals surface area contributed by atoms with Crippen molar-refractivity contribution in [1.82, 2.24) is 19.8 Å². The van der Waals surface area contributed by atoms with Crippen molar-refractivity contribution in [2.45, 2.75) is 45.6 Å². The second-order valence-electron chi connectivity index (χ2n) is 11.6. The second-order valence-corrected chi connectivity index (χ2v) is 12.5. The van der Waals surface area contributed by atoms with Gasteiger partial charge in [0.15, 0.2) is 10.9 Å². The van der Waals surface area contributed by atoms with Gasteiger partial charge in [0.2, 0.25) is 5.91 Å². The second kappa shape index (κ2) is 12.2. The maximum absolute atomic E-state index is 14.7.